The van der Waals surface area contributed by atoms with Crippen molar-refractivity contribution in [1.29, 1.82) is 0 Å². The van der Waals surface area contributed by atoms with E-state index < -0.39 is 4.92 Å². The van der Waals surface area contributed by atoms with Gasteiger partial charge in [-0.1, -0.05) is 6.07 Å². The van der Waals surface area contributed by atoms with Gasteiger partial charge in [0.25, 0.3) is 0 Å². The first-order chi connectivity index (χ1) is 6.50. The van der Waals surface area contributed by atoms with Crippen LogP contribution in [0.2, 0.25) is 0 Å². The van der Waals surface area contributed by atoms with Crippen LogP contribution < -0.4 is 0 Å². The first kappa shape index (κ1) is 10.4. The number of nitro groups is 1. The van der Waals surface area contributed by atoms with Gasteiger partial charge in [0.1, 0.15) is 5.82 Å². The summed E-state index contributed by atoms with van der Waals surface area (Å²) < 4.78 is 12.7. The van der Waals surface area contributed by atoms with Crippen molar-refractivity contribution < 1.29 is 9.31 Å². The molecular formula is C10H10FNO2. The fraction of sp³-hybridized carbons (Fsp3) is 0.200. The first-order valence-corrected chi connectivity index (χ1v) is 4.09. The Balaban J connectivity index is 3.09. The van der Waals surface area contributed by atoms with Crippen molar-refractivity contribution in [2.75, 3.05) is 0 Å². The molecule has 0 unspecified atom stereocenters. The van der Waals surface area contributed by atoms with E-state index >= 15 is 0 Å². The molecule has 0 amide bonds. The Morgan fingerprint density at radius 2 is 2.21 bits per heavy atom. The molecule has 0 bridgehead atoms. The minimum atomic E-state index is -0.469. The van der Waals surface area contributed by atoms with Gasteiger partial charge in [-0.25, -0.2) is 4.39 Å². The van der Waals surface area contributed by atoms with Crippen LogP contribution in [-0.4, -0.2) is 4.92 Å². The number of hydrogen-bond acceptors (Lipinski definition) is 2. The van der Waals surface area contributed by atoms with E-state index in [1.54, 1.807) is 6.92 Å². The first-order valence-electron chi connectivity index (χ1n) is 4.09. The third-order valence-corrected chi connectivity index (χ3v) is 1.88. The molecule has 0 fully saturated rings. The molecule has 0 N–H and O–H groups in total. The highest BCUT2D eigenvalue weighted by Crippen LogP contribution is 2.13. The fourth-order valence-electron chi connectivity index (χ4n) is 1.08. The van der Waals surface area contributed by atoms with Gasteiger partial charge in [0.15, 0.2) is 0 Å². The Morgan fingerprint density at radius 3 is 2.71 bits per heavy atom. The van der Waals surface area contributed by atoms with Gasteiger partial charge in [0.05, 0.1) is 4.92 Å². The van der Waals surface area contributed by atoms with Crippen LogP contribution in [-0.2, 0) is 0 Å². The standard InChI is InChI=1S/C10H10FNO2/c1-7-5-10(11)4-3-9(7)6-8(2)12(13)14/h3-6H,1-2H3. The number of allylic oxidation sites excluding steroid dienone is 1. The van der Waals surface area contributed by atoms with Gasteiger partial charge in [-0.2, -0.15) is 0 Å². The Labute approximate surface area is 81.0 Å². The van der Waals surface area contributed by atoms with E-state index in [4.69, 9.17) is 0 Å². The van der Waals surface area contributed by atoms with Crippen LogP contribution in [0.15, 0.2) is 23.9 Å². The van der Waals surface area contributed by atoms with Gasteiger partial charge in [0.2, 0.25) is 5.70 Å². The van der Waals surface area contributed by atoms with Crippen LogP contribution in [0.25, 0.3) is 6.08 Å². The van der Waals surface area contributed by atoms with Gasteiger partial charge in [-0.3, -0.25) is 10.1 Å². The lowest BCUT2D eigenvalue weighted by molar-refractivity contribution is -0.422. The van der Waals surface area contributed by atoms with Gasteiger partial charge in [-0.15, -0.1) is 0 Å². The molecule has 3 nitrogen and oxygen atoms in total. The van der Waals surface area contributed by atoms with Crippen LogP contribution in [0.4, 0.5) is 4.39 Å². The molecule has 0 aliphatic rings. The maximum atomic E-state index is 12.7. The maximum Gasteiger partial charge on any atom is 0.243 e. The summed E-state index contributed by atoms with van der Waals surface area (Å²) >= 11 is 0. The maximum absolute atomic E-state index is 12.7. The van der Waals surface area contributed by atoms with Gasteiger partial charge < -0.3 is 0 Å². The minimum absolute atomic E-state index is 0.0414. The van der Waals surface area contributed by atoms with Crippen LogP contribution in [0, 0.1) is 22.9 Å². The van der Waals surface area contributed by atoms with Crippen molar-refractivity contribution in [3.8, 4) is 0 Å². The van der Waals surface area contributed by atoms with Gasteiger partial charge in [-0.05, 0) is 30.2 Å². The lowest BCUT2D eigenvalue weighted by Gasteiger charge is -1.99. The normalized spacial score (nSPS) is 11.5. The molecule has 0 aromatic heterocycles. The van der Waals surface area contributed by atoms with Crippen molar-refractivity contribution in [1.82, 2.24) is 0 Å². The van der Waals surface area contributed by atoms with Crippen molar-refractivity contribution in [3.63, 3.8) is 0 Å². The molecule has 0 saturated carbocycles. The molecule has 0 radical (unpaired) electrons. The zero-order chi connectivity index (χ0) is 10.7. The summed E-state index contributed by atoms with van der Waals surface area (Å²) in [6.45, 7) is 3.12. The molecule has 1 aromatic rings. The second-order valence-corrected chi connectivity index (χ2v) is 3.04. The zero-order valence-electron chi connectivity index (χ0n) is 7.95. The highest BCUT2D eigenvalue weighted by Gasteiger charge is 2.04. The monoisotopic (exact) mass is 195 g/mol. The summed E-state index contributed by atoms with van der Waals surface area (Å²) in [5, 5.41) is 10.3. The molecule has 1 aromatic carbocycles. The molecule has 0 saturated heterocycles. The molecule has 0 spiro atoms. The van der Waals surface area contributed by atoms with E-state index in [9.17, 15) is 14.5 Å². The zero-order valence-corrected chi connectivity index (χ0v) is 7.95. The van der Waals surface area contributed by atoms with Gasteiger partial charge >= 0.3 is 0 Å². The largest absolute Gasteiger partial charge is 0.259 e. The van der Waals surface area contributed by atoms with Crippen molar-refractivity contribution in [3.05, 3.63) is 51.0 Å². The minimum Gasteiger partial charge on any atom is -0.259 e. The summed E-state index contributed by atoms with van der Waals surface area (Å²) in [5.41, 5.74) is 1.39. The summed E-state index contributed by atoms with van der Waals surface area (Å²) in [6, 6.07) is 4.16. The highest BCUT2D eigenvalue weighted by atomic mass is 19.1. The molecule has 0 aliphatic carbocycles. The van der Waals surface area contributed by atoms with Crippen LogP contribution in [0.3, 0.4) is 0 Å². The SMILES string of the molecule is CC(=Cc1ccc(F)cc1C)[N+](=O)[O-]. The van der Waals surface area contributed by atoms with Crippen molar-refractivity contribution >= 4 is 6.08 Å². The van der Waals surface area contributed by atoms with Crippen molar-refractivity contribution in [2.45, 2.75) is 13.8 Å². The number of halogens is 1. The average molecular weight is 195 g/mol. The summed E-state index contributed by atoms with van der Waals surface area (Å²) in [5.74, 6) is -0.335. The van der Waals surface area contributed by atoms with E-state index in [0.717, 1.165) is 0 Å². The smallest absolute Gasteiger partial charge is 0.243 e. The Kier molecular flexibility index (Phi) is 2.96. The fourth-order valence-corrected chi connectivity index (χ4v) is 1.08. The lowest BCUT2D eigenvalue weighted by atomic mass is 10.1. The molecular weight excluding hydrogens is 185 g/mol. The molecule has 4 heteroatoms. The second-order valence-electron chi connectivity index (χ2n) is 3.04. The van der Waals surface area contributed by atoms with E-state index in [2.05, 4.69) is 0 Å². The molecule has 1 rings (SSSR count). The number of rotatable bonds is 2. The number of aryl methyl sites for hydroxylation is 1. The molecule has 14 heavy (non-hydrogen) atoms. The predicted octanol–water partition coefficient (Wildman–Crippen LogP) is 2.77. The third kappa shape index (κ3) is 2.39. The summed E-state index contributed by atoms with van der Waals surface area (Å²) in [7, 11) is 0. The van der Waals surface area contributed by atoms with Crippen LogP contribution in [0.5, 0.6) is 0 Å². The quantitative estimate of drug-likeness (QED) is 0.538. The third-order valence-electron chi connectivity index (χ3n) is 1.88. The Bertz CT molecular complexity index is 399. The molecule has 0 atom stereocenters. The number of nitrogens with zero attached hydrogens (tertiary/aromatic N) is 1. The molecule has 0 heterocycles. The topological polar surface area (TPSA) is 43.1 Å². The van der Waals surface area contributed by atoms with E-state index in [-0.39, 0.29) is 11.5 Å². The van der Waals surface area contributed by atoms with Crippen LogP contribution in [0.1, 0.15) is 18.1 Å². The van der Waals surface area contributed by atoms with E-state index in [1.807, 2.05) is 0 Å². The second kappa shape index (κ2) is 4.00. The van der Waals surface area contributed by atoms with Crippen molar-refractivity contribution in [2.24, 2.45) is 0 Å². The average Bonchev–Trinajstić information content (AvgIpc) is 2.09. The van der Waals surface area contributed by atoms with Crippen LogP contribution >= 0.6 is 0 Å². The predicted molar refractivity (Wildman–Crippen MR) is 51.8 cm³/mol. The van der Waals surface area contributed by atoms with Gasteiger partial charge in [0, 0.05) is 13.0 Å². The van der Waals surface area contributed by atoms with E-state index in [1.165, 1.54) is 31.2 Å². The highest BCUT2D eigenvalue weighted by molar-refractivity contribution is 5.54. The van der Waals surface area contributed by atoms with E-state index in [0.29, 0.717) is 11.1 Å². The Morgan fingerprint density at radius 1 is 1.57 bits per heavy atom. The Hall–Kier alpha value is -1.71. The number of benzene rings is 1. The lowest BCUT2D eigenvalue weighted by Crippen LogP contribution is -1.94. The molecule has 0 aliphatic heterocycles. The molecule has 74 valence electrons. The summed E-state index contributed by atoms with van der Waals surface area (Å²) in [4.78, 5) is 9.88. The number of hydrogen-bond donors (Lipinski definition) is 0. The summed E-state index contributed by atoms with van der Waals surface area (Å²) in [6.07, 6.45) is 1.43.